The lowest BCUT2D eigenvalue weighted by Crippen LogP contribution is -2.55. The molecule has 0 aromatic heterocycles. The van der Waals surface area contributed by atoms with E-state index in [0.29, 0.717) is 44.5 Å². The zero-order chi connectivity index (χ0) is 23.1. The molecule has 33 heavy (non-hydrogen) atoms. The van der Waals surface area contributed by atoms with Crippen molar-refractivity contribution in [3.8, 4) is 0 Å². The Balaban J connectivity index is 1.39. The van der Waals surface area contributed by atoms with Crippen molar-refractivity contribution in [1.82, 2.24) is 10.2 Å². The molecule has 1 saturated carbocycles. The van der Waals surface area contributed by atoms with Crippen molar-refractivity contribution in [2.75, 3.05) is 19.6 Å². The fourth-order valence-corrected chi connectivity index (χ4v) is 6.51. The molecule has 2 heterocycles. The SMILES string of the molecule is O=C1CC2(CCN(C(=O)C3(c4ccccc4)CCCC3)CC2)C(c2ccc(F)cc2F)CN1. The van der Waals surface area contributed by atoms with Crippen molar-refractivity contribution >= 4 is 11.8 Å². The zero-order valence-corrected chi connectivity index (χ0v) is 18.8. The Morgan fingerprint density at radius 2 is 1.67 bits per heavy atom. The van der Waals surface area contributed by atoms with Crippen LogP contribution in [0.3, 0.4) is 0 Å². The van der Waals surface area contributed by atoms with E-state index in [1.807, 2.05) is 23.1 Å². The van der Waals surface area contributed by atoms with Gasteiger partial charge in [0.2, 0.25) is 11.8 Å². The highest BCUT2D eigenvalue weighted by atomic mass is 19.1. The number of likely N-dealkylation sites (tertiary alicyclic amines) is 1. The maximum atomic E-state index is 14.7. The number of carbonyl (C=O) groups is 2. The number of nitrogens with zero attached hydrogens (tertiary/aromatic N) is 1. The fraction of sp³-hybridized carbons (Fsp3) is 0.481. The molecule has 1 spiro atoms. The van der Waals surface area contributed by atoms with E-state index in [9.17, 15) is 18.4 Å². The molecule has 2 saturated heterocycles. The molecule has 2 amide bonds. The predicted molar refractivity (Wildman–Crippen MR) is 122 cm³/mol. The van der Waals surface area contributed by atoms with Crippen LogP contribution in [0.5, 0.6) is 0 Å². The first kappa shape index (κ1) is 22.1. The largest absolute Gasteiger partial charge is 0.355 e. The minimum Gasteiger partial charge on any atom is -0.355 e. The van der Waals surface area contributed by atoms with E-state index in [0.717, 1.165) is 37.3 Å². The third-order valence-electron chi connectivity index (χ3n) is 8.33. The van der Waals surface area contributed by atoms with Gasteiger partial charge in [0.15, 0.2) is 0 Å². The molecular weight excluding hydrogens is 422 g/mol. The normalized spacial score (nSPS) is 24.0. The highest BCUT2D eigenvalue weighted by molar-refractivity contribution is 5.89. The fourth-order valence-electron chi connectivity index (χ4n) is 6.51. The van der Waals surface area contributed by atoms with Crippen LogP contribution in [0.15, 0.2) is 48.5 Å². The number of piperidine rings is 2. The molecule has 2 aromatic carbocycles. The van der Waals surface area contributed by atoms with E-state index >= 15 is 0 Å². The Hall–Kier alpha value is -2.76. The second-order valence-corrected chi connectivity index (χ2v) is 10.0. The summed E-state index contributed by atoms with van der Waals surface area (Å²) < 4.78 is 28.2. The lowest BCUT2D eigenvalue weighted by atomic mass is 9.62. The maximum Gasteiger partial charge on any atom is 0.233 e. The van der Waals surface area contributed by atoms with Gasteiger partial charge < -0.3 is 10.2 Å². The topological polar surface area (TPSA) is 49.4 Å². The van der Waals surface area contributed by atoms with Crippen LogP contribution >= 0.6 is 0 Å². The van der Waals surface area contributed by atoms with Crippen LogP contribution in [0.4, 0.5) is 8.78 Å². The van der Waals surface area contributed by atoms with Crippen LogP contribution in [-0.4, -0.2) is 36.3 Å². The first-order valence-corrected chi connectivity index (χ1v) is 12.0. The molecule has 3 aliphatic rings. The maximum absolute atomic E-state index is 14.7. The van der Waals surface area contributed by atoms with Gasteiger partial charge in [-0.3, -0.25) is 9.59 Å². The molecule has 2 aliphatic heterocycles. The van der Waals surface area contributed by atoms with Crippen molar-refractivity contribution < 1.29 is 18.4 Å². The molecule has 0 bridgehead atoms. The Kier molecular flexibility index (Phi) is 5.71. The van der Waals surface area contributed by atoms with Gasteiger partial charge in [0.05, 0.1) is 5.41 Å². The van der Waals surface area contributed by atoms with Gasteiger partial charge >= 0.3 is 0 Å². The minimum atomic E-state index is -0.603. The summed E-state index contributed by atoms with van der Waals surface area (Å²) in [6.07, 6.45) is 5.40. The molecule has 1 aliphatic carbocycles. The Labute approximate surface area is 193 Å². The van der Waals surface area contributed by atoms with Gasteiger partial charge in [0.1, 0.15) is 11.6 Å². The van der Waals surface area contributed by atoms with Gasteiger partial charge in [-0.1, -0.05) is 49.2 Å². The summed E-state index contributed by atoms with van der Waals surface area (Å²) in [6, 6.07) is 13.8. The predicted octanol–water partition coefficient (Wildman–Crippen LogP) is 4.69. The van der Waals surface area contributed by atoms with Gasteiger partial charge in [-0.25, -0.2) is 8.78 Å². The molecule has 1 atom stereocenters. The van der Waals surface area contributed by atoms with Crippen molar-refractivity contribution in [2.45, 2.75) is 56.3 Å². The summed E-state index contributed by atoms with van der Waals surface area (Å²) in [5.41, 5.74) is 0.662. The number of benzene rings is 2. The number of amides is 2. The van der Waals surface area contributed by atoms with E-state index in [4.69, 9.17) is 0 Å². The summed E-state index contributed by atoms with van der Waals surface area (Å²) >= 11 is 0. The number of carbonyl (C=O) groups excluding carboxylic acids is 2. The van der Waals surface area contributed by atoms with Crippen molar-refractivity contribution in [1.29, 1.82) is 0 Å². The van der Waals surface area contributed by atoms with Crippen LogP contribution in [0, 0.1) is 17.0 Å². The van der Waals surface area contributed by atoms with E-state index in [-0.39, 0.29) is 17.7 Å². The summed E-state index contributed by atoms with van der Waals surface area (Å²) in [5, 5.41) is 2.87. The summed E-state index contributed by atoms with van der Waals surface area (Å²) in [6.45, 7) is 1.45. The monoisotopic (exact) mass is 452 g/mol. The summed E-state index contributed by atoms with van der Waals surface area (Å²) in [4.78, 5) is 28.2. The van der Waals surface area contributed by atoms with Crippen LogP contribution in [0.1, 0.15) is 62.0 Å². The van der Waals surface area contributed by atoms with Gasteiger partial charge in [0.25, 0.3) is 0 Å². The Bertz CT molecular complexity index is 1040. The highest BCUT2D eigenvalue weighted by Gasteiger charge is 2.50. The molecule has 3 fully saturated rings. The lowest BCUT2D eigenvalue weighted by Gasteiger charge is -2.50. The standard InChI is InChI=1S/C27H30F2N2O2/c28-20-8-9-21(23(29)16-20)22-18-30-24(32)17-26(22)12-14-31(15-13-26)25(33)27(10-4-5-11-27)19-6-2-1-3-7-19/h1-3,6-9,16,22H,4-5,10-15,17-18H2,(H,30,32). The quantitative estimate of drug-likeness (QED) is 0.735. The average molecular weight is 453 g/mol. The average Bonchev–Trinajstić information content (AvgIpc) is 3.32. The van der Waals surface area contributed by atoms with Gasteiger partial charge in [-0.2, -0.15) is 0 Å². The molecule has 174 valence electrons. The molecule has 0 radical (unpaired) electrons. The summed E-state index contributed by atoms with van der Waals surface area (Å²) in [5.74, 6) is -1.25. The molecule has 5 rings (SSSR count). The van der Waals surface area contributed by atoms with Gasteiger partial charge in [0, 0.05) is 38.0 Å². The van der Waals surface area contributed by atoms with E-state index < -0.39 is 22.5 Å². The molecule has 1 N–H and O–H groups in total. The van der Waals surface area contributed by atoms with E-state index in [1.165, 1.54) is 12.1 Å². The zero-order valence-electron chi connectivity index (χ0n) is 18.8. The number of rotatable bonds is 3. The van der Waals surface area contributed by atoms with E-state index in [2.05, 4.69) is 17.4 Å². The Morgan fingerprint density at radius 1 is 0.970 bits per heavy atom. The molecular formula is C27H30F2N2O2. The van der Waals surface area contributed by atoms with Crippen LogP contribution in [-0.2, 0) is 15.0 Å². The van der Waals surface area contributed by atoms with Crippen molar-refractivity contribution in [2.24, 2.45) is 5.41 Å². The summed E-state index contributed by atoms with van der Waals surface area (Å²) in [7, 11) is 0. The number of hydrogen-bond donors (Lipinski definition) is 1. The Morgan fingerprint density at radius 3 is 2.33 bits per heavy atom. The second kappa shape index (κ2) is 8.54. The molecule has 1 unspecified atom stereocenters. The first-order chi connectivity index (χ1) is 15.9. The smallest absolute Gasteiger partial charge is 0.233 e. The van der Waals surface area contributed by atoms with Crippen molar-refractivity contribution in [3.05, 3.63) is 71.3 Å². The number of halogens is 2. The third kappa shape index (κ3) is 3.83. The van der Waals surface area contributed by atoms with Crippen molar-refractivity contribution in [3.63, 3.8) is 0 Å². The van der Waals surface area contributed by atoms with Gasteiger partial charge in [-0.05, 0) is 48.3 Å². The molecule has 4 nitrogen and oxygen atoms in total. The van der Waals surface area contributed by atoms with Crippen LogP contribution in [0.25, 0.3) is 0 Å². The van der Waals surface area contributed by atoms with Crippen LogP contribution in [0.2, 0.25) is 0 Å². The van der Waals surface area contributed by atoms with Gasteiger partial charge in [-0.15, -0.1) is 0 Å². The second-order valence-electron chi connectivity index (χ2n) is 10.0. The third-order valence-corrected chi connectivity index (χ3v) is 8.33. The minimum absolute atomic E-state index is 0.0369. The lowest BCUT2D eigenvalue weighted by molar-refractivity contribution is -0.141. The number of nitrogens with one attached hydrogen (secondary N) is 1. The number of hydrogen-bond acceptors (Lipinski definition) is 2. The first-order valence-electron chi connectivity index (χ1n) is 12.0. The highest BCUT2D eigenvalue weighted by Crippen LogP contribution is 2.50. The van der Waals surface area contributed by atoms with E-state index in [1.54, 1.807) is 0 Å². The molecule has 6 heteroatoms. The molecule has 2 aromatic rings. The van der Waals surface area contributed by atoms with Crippen LogP contribution < -0.4 is 5.32 Å².